The zero-order valence-electron chi connectivity index (χ0n) is 18.6. The summed E-state index contributed by atoms with van der Waals surface area (Å²) in [5, 5.41) is 4.57. The fraction of sp³-hybridized carbons (Fsp3) is 0.115. The number of thiophene rings is 1. The molecule has 0 atom stereocenters. The number of hydrogen-bond donors (Lipinski definition) is 1. The zero-order chi connectivity index (χ0) is 23.6. The molecule has 0 bridgehead atoms. The Kier molecular flexibility index (Phi) is 6.35. The van der Waals surface area contributed by atoms with Crippen LogP contribution in [0.5, 0.6) is 0 Å². The van der Waals surface area contributed by atoms with Crippen LogP contribution in [0.1, 0.15) is 20.8 Å². The maximum atomic E-state index is 13.8. The second-order valence-corrected chi connectivity index (χ2v) is 10.6. The second kappa shape index (κ2) is 9.21. The molecule has 0 aliphatic heterocycles. The van der Waals surface area contributed by atoms with E-state index in [9.17, 15) is 13.2 Å². The molecule has 5 nitrogen and oxygen atoms in total. The van der Waals surface area contributed by atoms with E-state index < -0.39 is 15.9 Å². The van der Waals surface area contributed by atoms with Crippen LogP contribution in [0.4, 0.5) is 11.4 Å². The number of sulfonamides is 1. The topological polar surface area (TPSA) is 66.5 Å². The van der Waals surface area contributed by atoms with Crippen molar-refractivity contribution in [2.45, 2.75) is 18.7 Å². The van der Waals surface area contributed by atoms with Crippen molar-refractivity contribution in [2.75, 3.05) is 16.7 Å². The van der Waals surface area contributed by atoms with Crippen molar-refractivity contribution in [2.24, 2.45) is 0 Å². The van der Waals surface area contributed by atoms with Crippen molar-refractivity contribution in [1.82, 2.24) is 0 Å². The summed E-state index contributed by atoms with van der Waals surface area (Å²) in [5.74, 6) is -0.457. The molecule has 4 rings (SSSR count). The van der Waals surface area contributed by atoms with Crippen molar-refractivity contribution in [1.29, 1.82) is 0 Å². The maximum absolute atomic E-state index is 13.8. The molecule has 1 amide bonds. The Morgan fingerprint density at radius 3 is 2.03 bits per heavy atom. The molecule has 0 saturated carbocycles. The summed E-state index contributed by atoms with van der Waals surface area (Å²) in [4.78, 5) is 13.4. The summed E-state index contributed by atoms with van der Waals surface area (Å²) in [6.45, 7) is 3.90. The normalized spacial score (nSPS) is 11.2. The highest BCUT2D eigenvalue weighted by Crippen LogP contribution is 2.38. The van der Waals surface area contributed by atoms with Crippen LogP contribution in [0.3, 0.4) is 0 Å². The summed E-state index contributed by atoms with van der Waals surface area (Å²) in [7, 11) is -2.52. The highest BCUT2D eigenvalue weighted by molar-refractivity contribution is 7.93. The summed E-state index contributed by atoms with van der Waals surface area (Å²) in [5.41, 5.74) is 4.47. The van der Waals surface area contributed by atoms with E-state index >= 15 is 0 Å². The van der Waals surface area contributed by atoms with Crippen LogP contribution in [0.15, 0.2) is 89.1 Å². The number of carbonyl (C=O) groups is 1. The Morgan fingerprint density at radius 1 is 0.848 bits per heavy atom. The predicted octanol–water partition coefficient (Wildman–Crippen LogP) is 6.11. The van der Waals surface area contributed by atoms with Crippen LogP contribution >= 0.6 is 11.3 Å². The molecule has 0 aliphatic rings. The van der Waals surface area contributed by atoms with Crippen molar-refractivity contribution in [3.63, 3.8) is 0 Å². The van der Waals surface area contributed by atoms with E-state index in [4.69, 9.17) is 0 Å². The molecule has 0 unspecified atom stereocenters. The van der Waals surface area contributed by atoms with Crippen LogP contribution in [0.25, 0.3) is 11.1 Å². The minimum atomic E-state index is -4.03. The Hall–Kier alpha value is -3.42. The van der Waals surface area contributed by atoms with Crippen molar-refractivity contribution in [3.05, 3.63) is 100 Å². The fourth-order valence-corrected chi connectivity index (χ4v) is 6.29. The molecule has 1 heterocycles. The summed E-state index contributed by atoms with van der Waals surface area (Å²) in [6.07, 6.45) is 0. The van der Waals surface area contributed by atoms with Crippen LogP contribution < -0.4 is 9.62 Å². The van der Waals surface area contributed by atoms with E-state index in [0.717, 1.165) is 28.0 Å². The predicted molar refractivity (Wildman–Crippen MR) is 136 cm³/mol. The third kappa shape index (κ3) is 4.69. The zero-order valence-corrected chi connectivity index (χ0v) is 20.2. The lowest BCUT2D eigenvalue weighted by atomic mass is 10.1. The standard InChI is InChI=1S/C26H24N2O3S2/c1-18-9-13-21(14-10-18)27-26(29)24-25(23(17-32-24)20-7-5-4-6-8-20)33(30,31)28(3)22-15-11-19(2)12-16-22/h4-17H,1-3H3,(H,27,29). The summed E-state index contributed by atoms with van der Waals surface area (Å²) < 4.78 is 28.9. The smallest absolute Gasteiger partial charge is 0.267 e. The largest absolute Gasteiger partial charge is 0.321 e. The fourth-order valence-electron chi connectivity index (χ4n) is 3.43. The lowest BCUT2D eigenvalue weighted by Gasteiger charge is -2.21. The molecule has 0 radical (unpaired) electrons. The average Bonchev–Trinajstić information content (AvgIpc) is 3.28. The van der Waals surface area contributed by atoms with Crippen molar-refractivity contribution < 1.29 is 13.2 Å². The second-order valence-electron chi connectivity index (χ2n) is 7.80. The lowest BCUT2D eigenvalue weighted by molar-refractivity contribution is 0.102. The lowest BCUT2D eigenvalue weighted by Crippen LogP contribution is -2.28. The first-order valence-corrected chi connectivity index (χ1v) is 12.7. The average molecular weight is 477 g/mol. The molecule has 0 fully saturated rings. The minimum absolute atomic E-state index is 0.00591. The van der Waals surface area contributed by atoms with Crippen molar-refractivity contribution >= 4 is 38.6 Å². The molecular formula is C26H24N2O3S2. The minimum Gasteiger partial charge on any atom is -0.321 e. The van der Waals surface area contributed by atoms with E-state index in [0.29, 0.717) is 16.9 Å². The van der Waals surface area contributed by atoms with Crippen LogP contribution in [0, 0.1) is 13.8 Å². The quantitative estimate of drug-likeness (QED) is 0.365. The SMILES string of the molecule is Cc1ccc(NC(=O)c2scc(-c3ccccc3)c2S(=O)(=O)N(C)c2ccc(C)cc2)cc1. The van der Waals surface area contributed by atoms with Gasteiger partial charge in [0.05, 0.1) is 5.69 Å². The molecular weight excluding hydrogens is 452 g/mol. The first-order chi connectivity index (χ1) is 15.8. The van der Waals surface area contributed by atoms with Gasteiger partial charge >= 0.3 is 0 Å². The van der Waals surface area contributed by atoms with Gasteiger partial charge in [-0.15, -0.1) is 11.3 Å². The van der Waals surface area contributed by atoms with Gasteiger partial charge in [-0.25, -0.2) is 8.42 Å². The van der Waals surface area contributed by atoms with Gasteiger partial charge in [0.1, 0.15) is 9.77 Å². The number of aryl methyl sites for hydroxylation is 2. The van der Waals surface area contributed by atoms with Gasteiger partial charge in [0.15, 0.2) is 0 Å². The number of rotatable bonds is 6. The van der Waals surface area contributed by atoms with Gasteiger partial charge in [0.25, 0.3) is 15.9 Å². The highest BCUT2D eigenvalue weighted by Gasteiger charge is 2.32. The third-order valence-electron chi connectivity index (χ3n) is 5.36. The van der Waals surface area contributed by atoms with E-state index in [2.05, 4.69) is 5.32 Å². The van der Waals surface area contributed by atoms with Crippen molar-refractivity contribution in [3.8, 4) is 11.1 Å². The first kappa shape index (κ1) is 22.8. The van der Waals surface area contributed by atoms with E-state index in [-0.39, 0.29) is 9.77 Å². The first-order valence-electron chi connectivity index (χ1n) is 10.4. The molecule has 3 aromatic carbocycles. The number of amides is 1. The van der Waals surface area contributed by atoms with E-state index in [1.54, 1.807) is 29.6 Å². The highest BCUT2D eigenvalue weighted by atomic mass is 32.2. The Bertz CT molecular complexity index is 1380. The van der Waals surface area contributed by atoms with Crippen LogP contribution in [0.2, 0.25) is 0 Å². The molecule has 1 aromatic heterocycles. The number of nitrogens with one attached hydrogen (secondary N) is 1. The Labute approximate surface area is 198 Å². The third-order valence-corrected chi connectivity index (χ3v) is 8.34. The molecule has 33 heavy (non-hydrogen) atoms. The molecule has 0 saturated heterocycles. The maximum Gasteiger partial charge on any atom is 0.267 e. The Morgan fingerprint density at radius 2 is 1.42 bits per heavy atom. The van der Waals surface area contributed by atoms with Crippen LogP contribution in [-0.2, 0) is 10.0 Å². The van der Waals surface area contributed by atoms with Gasteiger partial charge in [0.2, 0.25) is 0 Å². The van der Waals surface area contributed by atoms with Gasteiger partial charge in [0, 0.05) is 23.7 Å². The van der Waals surface area contributed by atoms with E-state index in [1.807, 2.05) is 68.4 Å². The van der Waals surface area contributed by atoms with Gasteiger partial charge in [-0.2, -0.15) is 0 Å². The van der Waals surface area contributed by atoms with E-state index in [1.165, 1.54) is 11.4 Å². The number of hydrogen-bond acceptors (Lipinski definition) is 4. The Balaban J connectivity index is 1.81. The van der Waals surface area contributed by atoms with Crippen LogP contribution in [-0.4, -0.2) is 21.4 Å². The number of nitrogens with zero attached hydrogens (tertiary/aromatic N) is 1. The van der Waals surface area contributed by atoms with Gasteiger partial charge < -0.3 is 5.32 Å². The number of carbonyl (C=O) groups excluding carboxylic acids is 1. The molecule has 0 aliphatic carbocycles. The molecule has 1 N–H and O–H groups in total. The molecule has 7 heteroatoms. The summed E-state index contributed by atoms with van der Waals surface area (Å²) >= 11 is 1.13. The van der Waals surface area contributed by atoms with Gasteiger partial charge in [-0.3, -0.25) is 9.10 Å². The number of benzene rings is 3. The molecule has 4 aromatic rings. The van der Waals surface area contributed by atoms with Gasteiger partial charge in [-0.1, -0.05) is 65.7 Å². The van der Waals surface area contributed by atoms with Gasteiger partial charge in [-0.05, 0) is 43.7 Å². The number of anilines is 2. The monoisotopic (exact) mass is 476 g/mol. The molecule has 168 valence electrons. The summed E-state index contributed by atoms with van der Waals surface area (Å²) in [6, 6.07) is 23.9. The molecule has 0 spiro atoms.